The van der Waals surface area contributed by atoms with Gasteiger partial charge < -0.3 is 53.3 Å². The summed E-state index contributed by atoms with van der Waals surface area (Å²) in [6, 6.07) is -1.17. The van der Waals surface area contributed by atoms with Gasteiger partial charge in [0.15, 0.2) is 0 Å². The van der Waals surface area contributed by atoms with Crippen LogP contribution in [0.3, 0.4) is 0 Å². The van der Waals surface area contributed by atoms with Gasteiger partial charge in [-0.3, -0.25) is 19.2 Å². The van der Waals surface area contributed by atoms with Crippen molar-refractivity contribution < 1.29 is 62.6 Å². The minimum absolute atomic E-state index is 0.00409. The molecule has 0 spiro atoms. The molecule has 3 saturated heterocycles. The SMILES string of the molecule is C=CC[C@@H]1/C=C(\C)C[C@H](C)C[C@H](OC)C2O[C@@](O)(C(=O)C(=O)N3CCCCC3C(=O)O[C@H](/C(C)=C/[C@@H]3CC[C@@H](OC(=O)CCCN4CCN(C)CC4)[C@H](OC)C3)[C@H](C)[C@@H](O)CC1=O)[C@H](C)C[C@@H]2OC. The molecule has 2 bridgehead atoms. The number of piperazine rings is 1. The molecule has 0 radical (unpaired) electrons. The number of fused-ring (bicyclic) bond motifs is 3. The first kappa shape index (κ1) is 56.6. The van der Waals surface area contributed by atoms with Crippen LogP contribution >= 0.6 is 0 Å². The Labute approximate surface area is 411 Å². The van der Waals surface area contributed by atoms with Crippen LogP contribution in [0.2, 0.25) is 0 Å². The first-order chi connectivity index (χ1) is 32.8. The summed E-state index contributed by atoms with van der Waals surface area (Å²) in [5.74, 6) is -8.19. The molecule has 0 aromatic heterocycles. The summed E-state index contributed by atoms with van der Waals surface area (Å²) >= 11 is 0. The molecule has 2 unspecified atom stereocenters. The molecule has 1 aliphatic carbocycles. The maximum Gasteiger partial charge on any atom is 0.329 e. The fraction of sp³-hybridized carbons (Fsp3) is 0.792. The van der Waals surface area contributed by atoms with E-state index in [9.17, 15) is 34.2 Å². The van der Waals surface area contributed by atoms with Crippen LogP contribution in [-0.2, 0) is 52.4 Å². The monoisotopic (exact) mass is 972 g/mol. The second-order valence-electron chi connectivity index (χ2n) is 21.0. The number of hydrogen-bond acceptors (Lipinski definition) is 15. The molecule has 0 aromatic carbocycles. The lowest BCUT2D eigenvalue weighted by Gasteiger charge is -2.47. The van der Waals surface area contributed by atoms with Crippen molar-refractivity contribution in [3.05, 3.63) is 36.0 Å². The fourth-order valence-electron chi connectivity index (χ4n) is 11.3. The number of ketones is 2. The molecule has 5 aliphatic rings. The smallest absolute Gasteiger partial charge is 0.329 e. The van der Waals surface area contributed by atoms with E-state index in [-0.39, 0.29) is 55.5 Å². The number of aliphatic hydroxyl groups is 2. The number of esters is 2. The third-order valence-electron chi connectivity index (χ3n) is 15.6. The van der Waals surface area contributed by atoms with E-state index in [4.69, 9.17) is 28.4 Å². The summed E-state index contributed by atoms with van der Waals surface area (Å²) in [6.07, 6.45) is 5.98. The van der Waals surface area contributed by atoms with E-state index in [1.54, 1.807) is 27.0 Å². The number of ether oxygens (including phenoxy) is 6. The molecule has 4 aliphatic heterocycles. The Bertz CT molecular complexity index is 1820. The van der Waals surface area contributed by atoms with E-state index in [2.05, 4.69) is 23.4 Å². The average molecular weight is 972 g/mol. The van der Waals surface area contributed by atoms with Crippen LogP contribution in [0, 0.1) is 29.6 Å². The average Bonchev–Trinajstić information content (AvgIpc) is 3.32. The number of carbonyl (C=O) groups excluding carboxylic acids is 5. The standard InChI is InChI=1S/C53H85N3O13/c1-11-15-39-27-33(2)26-34(3)28-45(65-9)49-46(66-10)30-36(5)53(63,69-49)50(60)51(61)56-21-13-12-16-40(56)52(62)68-48(37(6)41(57)32-42(39)58)35(4)29-38-18-19-43(44(31-38)64-8)67-47(59)17-14-20-55-24-22-54(7)23-25-55/h11,27,29,34,36-41,43-46,48-49,57,63H,1,12-26,28,30-32H2,2-10H3/b33-27+,35-29+/t34-,36+,37+,38-,39+,40?,41-,43+,44+,45-,46-,48+,49?,53+/m0/s1. The predicted octanol–water partition coefficient (Wildman–Crippen LogP) is 5.22. The molecule has 1 saturated carbocycles. The van der Waals surface area contributed by atoms with Crippen molar-refractivity contribution >= 4 is 29.4 Å². The van der Waals surface area contributed by atoms with Gasteiger partial charge in [-0.15, -0.1) is 6.58 Å². The van der Waals surface area contributed by atoms with Crippen molar-refractivity contribution in [2.24, 2.45) is 29.6 Å². The quantitative estimate of drug-likeness (QED) is 0.147. The minimum Gasteiger partial charge on any atom is -0.460 e. The molecule has 2 N–H and O–H groups in total. The highest BCUT2D eigenvalue weighted by atomic mass is 16.7. The zero-order chi connectivity index (χ0) is 50.6. The number of rotatable bonds is 12. The molecule has 1 amide bonds. The van der Waals surface area contributed by atoms with Gasteiger partial charge in [0.05, 0.1) is 24.4 Å². The Morgan fingerprint density at radius 1 is 0.899 bits per heavy atom. The molecule has 69 heavy (non-hydrogen) atoms. The Morgan fingerprint density at radius 3 is 2.25 bits per heavy atom. The topological polar surface area (TPSA) is 191 Å². The number of piperidine rings is 1. The van der Waals surface area contributed by atoms with Gasteiger partial charge in [-0.25, -0.2) is 4.79 Å². The summed E-state index contributed by atoms with van der Waals surface area (Å²) in [5.41, 5.74) is 1.59. The molecule has 16 heteroatoms. The highest BCUT2D eigenvalue weighted by molar-refractivity contribution is 6.39. The van der Waals surface area contributed by atoms with Gasteiger partial charge in [0.25, 0.3) is 11.7 Å². The van der Waals surface area contributed by atoms with Crippen LogP contribution in [0.15, 0.2) is 36.0 Å². The van der Waals surface area contributed by atoms with Gasteiger partial charge >= 0.3 is 11.9 Å². The number of likely N-dealkylation sites (N-methyl/N-ethyl adjacent to an activating group) is 1. The lowest BCUT2D eigenvalue weighted by atomic mass is 9.81. The summed E-state index contributed by atoms with van der Waals surface area (Å²) in [5, 5.41) is 24.1. The largest absolute Gasteiger partial charge is 0.460 e. The lowest BCUT2D eigenvalue weighted by molar-refractivity contribution is -0.302. The highest BCUT2D eigenvalue weighted by Gasteiger charge is 2.56. The van der Waals surface area contributed by atoms with Crippen LogP contribution in [-0.4, -0.2) is 177 Å². The number of nitrogens with zero attached hydrogens (tertiary/aromatic N) is 3. The first-order valence-electron chi connectivity index (χ1n) is 25.7. The van der Waals surface area contributed by atoms with Gasteiger partial charge in [0.2, 0.25) is 5.79 Å². The maximum absolute atomic E-state index is 14.6. The zero-order valence-electron chi connectivity index (χ0n) is 43.1. The number of methoxy groups -OCH3 is 3. The van der Waals surface area contributed by atoms with Crippen molar-refractivity contribution in [3.63, 3.8) is 0 Å². The maximum atomic E-state index is 14.6. The molecule has 390 valence electrons. The first-order valence-corrected chi connectivity index (χ1v) is 25.7. The van der Waals surface area contributed by atoms with Gasteiger partial charge in [-0.2, -0.15) is 0 Å². The van der Waals surface area contributed by atoms with Crippen molar-refractivity contribution in [1.82, 2.24) is 14.7 Å². The Morgan fingerprint density at radius 2 is 1.58 bits per heavy atom. The fourth-order valence-corrected chi connectivity index (χ4v) is 11.3. The van der Waals surface area contributed by atoms with Crippen LogP contribution in [0.1, 0.15) is 118 Å². The lowest BCUT2D eigenvalue weighted by Crippen LogP contribution is -2.64. The van der Waals surface area contributed by atoms with Gasteiger partial charge in [-0.05, 0) is 115 Å². The molecule has 16 nitrogen and oxygen atoms in total. The number of hydrogen-bond donors (Lipinski definition) is 2. The minimum atomic E-state index is -2.53. The molecule has 4 heterocycles. The number of allylic oxidation sites excluding steroid dienone is 4. The van der Waals surface area contributed by atoms with E-state index in [1.165, 1.54) is 19.1 Å². The molecular weight excluding hydrogens is 887 g/mol. The van der Waals surface area contributed by atoms with Crippen LogP contribution < -0.4 is 0 Å². The van der Waals surface area contributed by atoms with Gasteiger partial charge in [-0.1, -0.05) is 44.6 Å². The Hall–Kier alpha value is -3.35. The summed E-state index contributed by atoms with van der Waals surface area (Å²) in [7, 11) is 6.78. The third kappa shape index (κ3) is 14.9. The molecule has 14 atom stereocenters. The predicted molar refractivity (Wildman–Crippen MR) is 260 cm³/mol. The molecular formula is C53H85N3O13. The van der Waals surface area contributed by atoms with Crippen molar-refractivity contribution in [1.29, 1.82) is 0 Å². The number of aliphatic hydroxyl groups excluding tert-OH is 1. The highest BCUT2D eigenvalue weighted by Crippen LogP contribution is 2.39. The Balaban J connectivity index is 1.41. The van der Waals surface area contributed by atoms with Crippen LogP contribution in [0.25, 0.3) is 0 Å². The number of amides is 1. The summed E-state index contributed by atoms with van der Waals surface area (Å²) < 4.78 is 36.3. The second kappa shape index (κ2) is 26.4. The van der Waals surface area contributed by atoms with E-state index >= 15 is 0 Å². The number of carbonyl (C=O) groups is 5. The van der Waals surface area contributed by atoms with Gasteiger partial charge in [0.1, 0.15) is 30.1 Å². The molecule has 4 fully saturated rings. The van der Waals surface area contributed by atoms with Crippen LogP contribution in [0.5, 0.6) is 0 Å². The zero-order valence-corrected chi connectivity index (χ0v) is 43.1. The van der Waals surface area contributed by atoms with E-state index in [0.717, 1.165) is 44.7 Å². The van der Waals surface area contributed by atoms with Gasteiger partial charge in [0, 0.05) is 84.6 Å². The molecule has 0 aromatic rings. The van der Waals surface area contributed by atoms with E-state index in [1.807, 2.05) is 32.9 Å². The van der Waals surface area contributed by atoms with E-state index in [0.29, 0.717) is 63.4 Å². The molecule has 5 rings (SSSR count). The summed E-state index contributed by atoms with van der Waals surface area (Å²) in [4.78, 5) is 76.3. The normalized spacial score (nSPS) is 37.7. The number of Topliss-reactive ketones (excluding diaryl/α,β-unsaturated/α-hetero) is 2. The summed E-state index contributed by atoms with van der Waals surface area (Å²) in [6.45, 7) is 18.0. The van der Waals surface area contributed by atoms with Crippen molar-refractivity contribution in [2.45, 2.75) is 173 Å². The van der Waals surface area contributed by atoms with Crippen LogP contribution in [0.4, 0.5) is 0 Å². The number of cyclic esters (lactones) is 1. The van der Waals surface area contributed by atoms with Crippen molar-refractivity contribution in [2.75, 3.05) is 67.6 Å². The van der Waals surface area contributed by atoms with Crippen molar-refractivity contribution in [3.8, 4) is 0 Å². The Kier molecular flexibility index (Phi) is 21.6. The third-order valence-corrected chi connectivity index (χ3v) is 15.6. The van der Waals surface area contributed by atoms with E-state index < -0.39 is 83.9 Å². The second-order valence-corrected chi connectivity index (χ2v) is 21.0.